The first-order chi connectivity index (χ1) is 7.70. The summed E-state index contributed by atoms with van der Waals surface area (Å²) in [5.74, 6) is 0.0829. The van der Waals surface area contributed by atoms with Gasteiger partial charge in [-0.15, -0.1) is 0 Å². The average Bonchev–Trinajstić information content (AvgIpc) is 2.62. The highest BCUT2D eigenvalue weighted by Gasteiger charge is 2.27. The van der Waals surface area contributed by atoms with Crippen LogP contribution >= 0.6 is 0 Å². The monoisotopic (exact) mass is 218 g/mol. The summed E-state index contributed by atoms with van der Waals surface area (Å²) in [6.45, 7) is 3.62. The second kappa shape index (κ2) is 4.66. The van der Waals surface area contributed by atoms with E-state index in [1.54, 1.807) is 0 Å². The molecule has 0 saturated carbocycles. The number of hydrogen-bond acceptors (Lipinski definition) is 2. The first-order valence-corrected chi connectivity index (χ1v) is 5.83. The SMILES string of the molecule is CCc1ccc(CN2CCC(N)C2=O)cc1. The molecule has 1 fully saturated rings. The summed E-state index contributed by atoms with van der Waals surface area (Å²) in [4.78, 5) is 13.5. The number of carbonyl (C=O) groups is 1. The van der Waals surface area contributed by atoms with Gasteiger partial charge in [-0.2, -0.15) is 0 Å². The van der Waals surface area contributed by atoms with Gasteiger partial charge in [0.15, 0.2) is 0 Å². The van der Waals surface area contributed by atoms with Gasteiger partial charge in [-0.1, -0.05) is 31.2 Å². The summed E-state index contributed by atoms with van der Waals surface area (Å²) in [6.07, 6.45) is 1.83. The molecule has 1 aliphatic heterocycles. The molecular weight excluding hydrogens is 200 g/mol. The van der Waals surface area contributed by atoms with E-state index in [0.29, 0.717) is 6.54 Å². The maximum absolute atomic E-state index is 11.6. The fourth-order valence-corrected chi connectivity index (χ4v) is 2.02. The van der Waals surface area contributed by atoms with Crippen molar-refractivity contribution >= 4 is 5.91 Å². The highest BCUT2D eigenvalue weighted by Crippen LogP contribution is 2.14. The summed E-state index contributed by atoms with van der Waals surface area (Å²) in [5, 5.41) is 0. The van der Waals surface area contributed by atoms with Crippen LogP contribution in [0.3, 0.4) is 0 Å². The van der Waals surface area contributed by atoms with E-state index in [2.05, 4.69) is 31.2 Å². The lowest BCUT2D eigenvalue weighted by atomic mass is 10.1. The highest BCUT2D eigenvalue weighted by molar-refractivity contribution is 5.83. The van der Waals surface area contributed by atoms with Crippen molar-refractivity contribution in [2.24, 2.45) is 5.73 Å². The lowest BCUT2D eigenvalue weighted by molar-refractivity contribution is -0.129. The molecule has 0 spiro atoms. The van der Waals surface area contributed by atoms with E-state index < -0.39 is 0 Å². The molecule has 3 nitrogen and oxygen atoms in total. The van der Waals surface area contributed by atoms with Crippen molar-refractivity contribution in [3.63, 3.8) is 0 Å². The topological polar surface area (TPSA) is 46.3 Å². The summed E-state index contributed by atoms with van der Waals surface area (Å²) in [5.41, 5.74) is 8.18. The number of rotatable bonds is 3. The van der Waals surface area contributed by atoms with Crippen LogP contribution in [0.2, 0.25) is 0 Å². The molecule has 2 N–H and O–H groups in total. The lowest BCUT2D eigenvalue weighted by Crippen LogP contribution is -2.33. The molecule has 1 unspecified atom stereocenters. The minimum Gasteiger partial charge on any atom is -0.337 e. The Hall–Kier alpha value is -1.35. The second-order valence-corrected chi connectivity index (χ2v) is 4.33. The predicted molar refractivity (Wildman–Crippen MR) is 63.8 cm³/mol. The summed E-state index contributed by atoms with van der Waals surface area (Å²) in [7, 11) is 0. The van der Waals surface area contributed by atoms with Crippen molar-refractivity contribution in [3.05, 3.63) is 35.4 Å². The molecule has 0 radical (unpaired) electrons. The normalized spacial score (nSPS) is 20.5. The van der Waals surface area contributed by atoms with Gasteiger partial charge in [-0.25, -0.2) is 0 Å². The number of likely N-dealkylation sites (tertiary alicyclic amines) is 1. The first kappa shape index (κ1) is 11.1. The van der Waals surface area contributed by atoms with Crippen molar-refractivity contribution in [1.29, 1.82) is 0 Å². The lowest BCUT2D eigenvalue weighted by Gasteiger charge is -2.16. The molecule has 1 saturated heterocycles. The van der Waals surface area contributed by atoms with Crippen LogP contribution in [0, 0.1) is 0 Å². The van der Waals surface area contributed by atoms with Crippen molar-refractivity contribution in [1.82, 2.24) is 4.90 Å². The third-order valence-corrected chi connectivity index (χ3v) is 3.14. The van der Waals surface area contributed by atoms with Gasteiger partial charge in [-0.3, -0.25) is 4.79 Å². The van der Waals surface area contributed by atoms with Crippen LogP contribution in [0.15, 0.2) is 24.3 Å². The minimum atomic E-state index is -0.282. The maximum atomic E-state index is 11.6. The Morgan fingerprint density at radius 2 is 1.94 bits per heavy atom. The number of amides is 1. The quantitative estimate of drug-likeness (QED) is 0.831. The van der Waals surface area contributed by atoms with Gasteiger partial charge in [0.25, 0.3) is 0 Å². The highest BCUT2D eigenvalue weighted by atomic mass is 16.2. The van der Waals surface area contributed by atoms with E-state index in [4.69, 9.17) is 5.73 Å². The number of benzene rings is 1. The molecule has 1 heterocycles. The van der Waals surface area contributed by atoms with Gasteiger partial charge in [0.2, 0.25) is 5.91 Å². The van der Waals surface area contributed by atoms with Crippen molar-refractivity contribution in [2.45, 2.75) is 32.4 Å². The van der Waals surface area contributed by atoms with Gasteiger partial charge in [-0.05, 0) is 24.0 Å². The molecule has 2 rings (SSSR count). The van der Waals surface area contributed by atoms with Crippen LogP contribution < -0.4 is 5.73 Å². The molecule has 1 atom stereocenters. The number of nitrogens with two attached hydrogens (primary N) is 1. The number of aryl methyl sites for hydroxylation is 1. The van der Waals surface area contributed by atoms with Crippen LogP contribution in [0.25, 0.3) is 0 Å². The van der Waals surface area contributed by atoms with Crippen LogP contribution in [0.4, 0.5) is 0 Å². The predicted octanol–water partition coefficient (Wildman–Crippen LogP) is 1.31. The van der Waals surface area contributed by atoms with Crippen molar-refractivity contribution in [2.75, 3.05) is 6.54 Å². The molecule has 1 aromatic rings. The minimum absolute atomic E-state index is 0.0829. The number of hydrogen-bond donors (Lipinski definition) is 1. The Morgan fingerprint density at radius 3 is 2.44 bits per heavy atom. The Bertz CT molecular complexity index is 372. The molecule has 3 heteroatoms. The van der Waals surface area contributed by atoms with E-state index in [-0.39, 0.29) is 11.9 Å². The average molecular weight is 218 g/mol. The first-order valence-electron chi connectivity index (χ1n) is 5.83. The third kappa shape index (κ3) is 2.25. The van der Waals surface area contributed by atoms with E-state index >= 15 is 0 Å². The smallest absolute Gasteiger partial charge is 0.239 e. The van der Waals surface area contributed by atoms with Crippen LogP contribution in [0.5, 0.6) is 0 Å². The number of nitrogens with zero attached hydrogens (tertiary/aromatic N) is 1. The Morgan fingerprint density at radius 1 is 1.31 bits per heavy atom. The van der Waals surface area contributed by atoms with Gasteiger partial charge < -0.3 is 10.6 Å². The molecule has 0 bridgehead atoms. The van der Waals surface area contributed by atoms with E-state index in [1.807, 2.05) is 4.90 Å². The zero-order chi connectivity index (χ0) is 11.5. The number of carbonyl (C=O) groups excluding carboxylic acids is 1. The molecule has 1 aromatic carbocycles. The molecule has 1 amide bonds. The van der Waals surface area contributed by atoms with E-state index in [9.17, 15) is 4.79 Å². The Kier molecular flexibility index (Phi) is 3.25. The van der Waals surface area contributed by atoms with Crippen LogP contribution in [0.1, 0.15) is 24.5 Å². The molecule has 0 aliphatic carbocycles. The zero-order valence-electron chi connectivity index (χ0n) is 9.65. The van der Waals surface area contributed by atoms with Crippen LogP contribution in [-0.4, -0.2) is 23.4 Å². The Labute approximate surface area is 96.2 Å². The van der Waals surface area contributed by atoms with Gasteiger partial charge >= 0.3 is 0 Å². The van der Waals surface area contributed by atoms with Gasteiger partial charge in [0.1, 0.15) is 0 Å². The molecule has 1 aliphatic rings. The zero-order valence-corrected chi connectivity index (χ0v) is 9.65. The van der Waals surface area contributed by atoms with Gasteiger partial charge in [0.05, 0.1) is 6.04 Å². The summed E-state index contributed by atoms with van der Waals surface area (Å²) in [6, 6.07) is 8.15. The molecule has 86 valence electrons. The molecule has 16 heavy (non-hydrogen) atoms. The Balaban J connectivity index is 2.01. The fraction of sp³-hybridized carbons (Fsp3) is 0.462. The third-order valence-electron chi connectivity index (χ3n) is 3.14. The molecule has 0 aromatic heterocycles. The maximum Gasteiger partial charge on any atom is 0.239 e. The standard InChI is InChI=1S/C13H18N2O/c1-2-10-3-5-11(6-4-10)9-15-8-7-12(14)13(15)16/h3-6,12H,2,7-9,14H2,1H3. The van der Waals surface area contributed by atoms with Crippen molar-refractivity contribution < 1.29 is 4.79 Å². The molecular formula is C13H18N2O. The largest absolute Gasteiger partial charge is 0.337 e. The summed E-state index contributed by atoms with van der Waals surface area (Å²) >= 11 is 0. The van der Waals surface area contributed by atoms with Crippen LogP contribution in [-0.2, 0) is 17.8 Å². The van der Waals surface area contributed by atoms with E-state index in [0.717, 1.165) is 19.4 Å². The van der Waals surface area contributed by atoms with Crippen molar-refractivity contribution in [3.8, 4) is 0 Å². The second-order valence-electron chi connectivity index (χ2n) is 4.33. The summed E-state index contributed by atoms with van der Waals surface area (Å²) < 4.78 is 0. The van der Waals surface area contributed by atoms with Gasteiger partial charge in [0, 0.05) is 13.1 Å². The van der Waals surface area contributed by atoms with E-state index in [1.165, 1.54) is 11.1 Å². The fourth-order valence-electron chi connectivity index (χ4n) is 2.02.